The Bertz CT molecular complexity index is 355. The molecule has 2 nitrogen and oxygen atoms in total. The molecular weight excluding hydrogens is 186 g/mol. The van der Waals surface area contributed by atoms with Crippen molar-refractivity contribution in [2.24, 2.45) is 0 Å². The second-order valence-electron chi connectivity index (χ2n) is 4.02. The largest absolute Gasteiger partial charge is 0.393 e. The van der Waals surface area contributed by atoms with E-state index in [0.29, 0.717) is 5.56 Å². The van der Waals surface area contributed by atoms with Crippen LogP contribution >= 0.6 is 0 Å². The molecule has 1 saturated carbocycles. The number of aliphatic hydroxyl groups excluding tert-OH is 1. The van der Waals surface area contributed by atoms with E-state index in [-0.39, 0.29) is 6.10 Å². The first-order valence-electron chi connectivity index (χ1n) is 5.33. The molecule has 2 heteroatoms. The first-order valence-corrected chi connectivity index (χ1v) is 5.33. The number of aliphatic hydroxyl groups is 1. The molecule has 1 fully saturated rings. The van der Waals surface area contributed by atoms with Gasteiger partial charge in [-0.2, -0.15) is 5.26 Å². The summed E-state index contributed by atoms with van der Waals surface area (Å²) in [5, 5.41) is 18.1. The minimum atomic E-state index is -0.118. The average molecular weight is 200 g/mol. The molecule has 0 amide bonds. The molecule has 1 aliphatic rings. The van der Waals surface area contributed by atoms with Gasteiger partial charge in [-0.15, -0.1) is 0 Å². The fraction of sp³-hybridized carbons (Fsp3) is 0.385. The maximum atomic E-state index is 9.40. The third-order valence-corrected chi connectivity index (χ3v) is 2.98. The van der Waals surface area contributed by atoms with Gasteiger partial charge in [-0.05, 0) is 43.4 Å². The number of nitriles is 1. The highest BCUT2D eigenvalue weighted by molar-refractivity contribution is 5.38. The lowest BCUT2D eigenvalue weighted by molar-refractivity contribution is 0.138. The monoisotopic (exact) mass is 200 g/mol. The highest BCUT2D eigenvalue weighted by Gasteiger charge is 2.20. The molecule has 1 aliphatic carbocycles. The Balaban J connectivity index is 2.07. The Labute approximate surface area is 90.2 Å². The van der Waals surface area contributed by atoms with Gasteiger partial charge in [0.05, 0.1) is 17.7 Å². The van der Waals surface area contributed by atoms with Crippen LogP contribution in [0.4, 0.5) is 0 Å². The van der Waals surface area contributed by atoms with E-state index in [2.05, 4.69) is 6.07 Å². The molecular formula is C13H14NO. The molecule has 1 aromatic rings. The third kappa shape index (κ3) is 2.37. The van der Waals surface area contributed by atoms with Crippen LogP contribution in [0.1, 0.15) is 36.8 Å². The van der Waals surface area contributed by atoms with E-state index in [1.54, 1.807) is 0 Å². The van der Waals surface area contributed by atoms with Crippen molar-refractivity contribution >= 4 is 0 Å². The quantitative estimate of drug-likeness (QED) is 0.756. The SMILES string of the molecule is N#Cc1ccc([C]2CCC(O)CC2)cc1. The molecule has 0 atom stereocenters. The number of nitrogens with zero attached hydrogens (tertiary/aromatic N) is 1. The van der Waals surface area contributed by atoms with Crippen molar-refractivity contribution in [2.75, 3.05) is 0 Å². The summed E-state index contributed by atoms with van der Waals surface area (Å²) in [6.07, 6.45) is 3.58. The first-order chi connectivity index (χ1) is 7.29. The molecule has 1 radical (unpaired) electrons. The summed E-state index contributed by atoms with van der Waals surface area (Å²) in [7, 11) is 0. The Hall–Kier alpha value is -1.33. The van der Waals surface area contributed by atoms with Crippen molar-refractivity contribution in [2.45, 2.75) is 31.8 Å². The van der Waals surface area contributed by atoms with E-state index in [4.69, 9.17) is 5.26 Å². The van der Waals surface area contributed by atoms with E-state index in [9.17, 15) is 5.11 Å². The maximum absolute atomic E-state index is 9.40. The van der Waals surface area contributed by atoms with Gasteiger partial charge in [-0.25, -0.2) is 0 Å². The Morgan fingerprint density at radius 3 is 2.27 bits per heavy atom. The van der Waals surface area contributed by atoms with E-state index < -0.39 is 0 Å². The predicted molar refractivity (Wildman–Crippen MR) is 58.0 cm³/mol. The van der Waals surface area contributed by atoms with Crippen molar-refractivity contribution in [1.29, 1.82) is 5.26 Å². The molecule has 2 rings (SSSR count). The molecule has 0 aromatic heterocycles. The number of hydrogen-bond donors (Lipinski definition) is 1. The van der Waals surface area contributed by atoms with Gasteiger partial charge in [0.2, 0.25) is 0 Å². The summed E-state index contributed by atoms with van der Waals surface area (Å²) in [5.41, 5.74) is 1.93. The Morgan fingerprint density at radius 2 is 1.73 bits per heavy atom. The van der Waals surface area contributed by atoms with Crippen molar-refractivity contribution in [3.63, 3.8) is 0 Å². The Kier molecular flexibility index (Phi) is 3.03. The Morgan fingerprint density at radius 1 is 1.13 bits per heavy atom. The summed E-state index contributed by atoms with van der Waals surface area (Å²) >= 11 is 0. The van der Waals surface area contributed by atoms with Crippen molar-refractivity contribution in [3.05, 3.63) is 41.3 Å². The summed E-state index contributed by atoms with van der Waals surface area (Å²) in [4.78, 5) is 0. The summed E-state index contributed by atoms with van der Waals surface area (Å²) < 4.78 is 0. The second kappa shape index (κ2) is 4.46. The molecule has 0 bridgehead atoms. The normalized spacial score (nSPS) is 18.7. The van der Waals surface area contributed by atoms with E-state index in [0.717, 1.165) is 25.7 Å². The predicted octanol–water partition coefficient (Wildman–Crippen LogP) is 2.42. The molecule has 0 heterocycles. The van der Waals surface area contributed by atoms with E-state index >= 15 is 0 Å². The zero-order valence-electron chi connectivity index (χ0n) is 8.61. The van der Waals surface area contributed by atoms with Crippen LogP contribution in [-0.2, 0) is 0 Å². The minimum Gasteiger partial charge on any atom is -0.393 e. The highest BCUT2D eigenvalue weighted by Crippen LogP contribution is 2.31. The lowest BCUT2D eigenvalue weighted by Gasteiger charge is -2.25. The van der Waals surface area contributed by atoms with E-state index in [1.165, 1.54) is 11.5 Å². The van der Waals surface area contributed by atoms with Crippen LogP contribution in [0.2, 0.25) is 0 Å². The highest BCUT2D eigenvalue weighted by atomic mass is 16.3. The fourth-order valence-corrected chi connectivity index (χ4v) is 2.02. The lowest BCUT2D eigenvalue weighted by atomic mass is 9.83. The molecule has 0 aliphatic heterocycles. The molecule has 0 unspecified atom stereocenters. The van der Waals surface area contributed by atoms with Crippen LogP contribution < -0.4 is 0 Å². The zero-order valence-corrected chi connectivity index (χ0v) is 8.61. The third-order valence-electron chi connectivity index (χ3n) is 2.98. The van der Waals surface area contributed by atoms with Gasteiger partial charge < -0.3 is 5.11 Å². The maximum Gasteiger partial charge on any atom is 0.0991 e. The number of benzene rings is 1. The topological polar surface area (TPSA) is 44.0 Å². The van der Waals surface area contributed by atoms with Gasteiger partial charge >= 0.3 is 0 Å². The van der Waals surface area contributed by atoms with Gasteiger partial charge in [0.25, 0.3) is 0 Å². The minimum absolute atomic E-state index is 0.118. The van der Waals surface area contributed by atoms with Gasteiger partial charge in [0.15, 0.2) is 0 Å². The zero-order chi connectivity index (χ0) is 10.7. The molecule has 1 aromatic carbocycles. The second-order valence-corrected chi connectivity index (χ2v) is 4.02. The van der Waals surface area contributed by atoms with Crippen molar-refractivity contribution < 1.29 is 5.11 Å². The number of rotatable bonds is 1. The molecule has 0 saturated heterocycles. The van der Waals surface area contributed by atoms with Crippen LogP contribution in [0.15, 0.2) is 24.3 Å². The fourth-order valence-electron chi connectivity index (χ4n) is 2.02. The summed E-state index contributed by atoms with van der Waals surface area (Å²) in [6, 6.07) is 9.84. The summed E-state index contributed by atoms with van der Waals surface area (Å²) in [5.74, 6) is 1.41. The first kappa shape index (κ1) is 10.2. The smallest absolute Gasteiger partial charge is 0.0991 e. The van der Waals surface area contributed by atoms with E-state index in [1.807, 2.05) is 24.3 Å². The average Bonchev–Trinajstić information content (AvgIpc) is 2.30. The molecule has 15 heavy (non-hydrogen) atoms. The van der Waals surface area contributed by atoms with Crippen LogP contribution in [-0.4, -0.2) is 11.2 Å². The van der Waals surface area contributed by atoms with Gasteiger partial charge in [-0.3, -0.25) is 0 Å². The van der Waals surface area contributed by atoms with Crippen LogP contribution in [0.25, 0.3) is 0 Å². The summed E-state index contributed by atoms with van der Waals surface area (Å²) in [6.45, 7) is 0. The standard InChI is InChI=1S/C13H14NO/c14-9-10-1-3-11(4-2-10)12-5-7-13(15)8-6-12/h1-4,13,15H,5-8H2. The van der Waals surface area contributed by atoms with Gasteiger partial charge in [-0.1, -0.05) is 12.1 Å². The lowest BCUT2D eigenvalue weighted by Crippen LogP contribution is -2.17. The van der Waals surface area contributed by atoms with Crippen LogP contribution in [0, 0.1) is 17.2 Å². The molecule has 1 N–H and O–H groups in total. The van der Waals surface area contributed by atoms with Gasteiger partial charge in [0, 0.05) is 5.92 Å². The van der Waals surface area contributed by atoms with Crippen molar-refractivity contribution in [1.82, 2.24) is 0 Å². The number of hydrogen-bond acceptors (Lipinski definition) is 2. The molecule has 77 valence electrons. The molecule has 0 spiro atoms. The van der Waals surface area contributed by atoms with Crippen LogP contribution in [0.5, 0.6) is 0 Å². The van der Waals surface area contributed by atoms with Crippen LogP contribution in [0.3, 0.4) is 0 Å². The van der Waals surface area contributed by atoms with Crippen molar-refractivity contribution in [3.8, 4) is 6.07 Å². The van der Waals surface area contributed by atoms with Gasteiger partial charge in [0.1, 0.15) is 0 Å².